The highest BCUT2D eigenvalue weighted by Crippen LogP contribution is 2.43. The molecule has 0 saturated heterocycles. The molecule has 6 aromatic carbocycles. The lowest BCUT2D eigenvalue weighted by atomic mass is 9.97. The molecule has 3 heteroatoms. The first kappa shape index (κ1) is 26.7. The van der Waals surface area contributed by atoms with Crippen LogP contribution in [0.2, 0.25) is 5.28 Å². The van der Waals surface area contributed by atoms with Gasteiger partial charge in [-0.15, -0.1) is 0 Å². The second-order valence-electron chi connectivity index (χ2n) is 9.90. The maximum Gasteiger partial charge on any atom is 0.229 e. The van der Waals surface area contributed by atoms with Crippen molar-refractivity contribution in [2.45, 2.75) is 11.6 Å². The van der Waals surface area contributed by atoms with Gasteiger partial charge in [-0.3, -0.25) is 0 Å². The number of hydrogen-bond acceptors (Lipinski definition) is 2. The molecule has 0 unspecified atom stereocenters. The van der Waals surface area contributed by atoms with Crippen molar-refractivity contribution in [2.24, 2.45) is 0 Å². The van der Waals surface area contributed by atoms with E-state index in [0.717, 1.165) is 77.6 Å². The zero-order valence-corrected chi connectivity index (χ0v) is 25.1. The average Bonchev–Trinajstić information content (AvgIpc) is 3.06. The van der Waals surface area contributed by atoms with Crippen molar-refractivity contribution < 1.29 is 9.47 Å². The van der Waals surface area contributed by atoms with Crippen molar-refractivity contribution in [1.82, 2.24) is 0 Å². The number of para-hydroxylation sites is 2. The largest absolute Gasteiger partial charge is 0.455 e. The molecule has 6 rings (SSSR count). The second-order valence-corrected chi connectivity index (χ2v) is 10.7. The van der Waals surface area contributed by atoms with Gasteiger partial charge in [0.15, 0.2) is 0 Å². The highest BCUT2D eigenvalue weighted by Gasteiger charge is 2.22. The van der Waals surface area contributed by atoms with E-state index in [1.807, 2.05) is 24.3 Å². The van der Waals surface area contributed by atoms with Crippen molar-refractivity contribution in [3.05, 3.63) is 158 Å². The van der Waals surface area contributed by atoms with E-state index < -0.39 is 6.29 Å². The van der Waals surface area contributed by atoms with Crippen LogP contribution in [0.25, 0.3) is 44.5 Å². The lowest BCUT2D eigenvalue weighted by Gasteiger charge is -2.26. The molecule has 0 atom stereocenters. The van der Waals surface area contributed by atoms with Gasteiger partial charge in [0.2, 0.25) is 22.6 Å². The Labute approximate surface area is 250 Å². The normalized spacial score (nSPS) is 10.9. The van der Waals surface area contributed by atoms with E-state index in [-0.39, 0.29) is 0 Å². The van der Waals surface area contributed by atoms with Gasteiger partial charge in [-0.1, -0.05) is 158 Å². The smallest absolute Gasteiger partial charge is 0.229 e. The minimum Gasteiger partial charge on any atom is -0.455 e. The van der Waals surface area contributed by atoms with Crippen molar-refractivity contribution in [3.63, 3.8) is 0 Å². The van der Waals surface area contributed by atoms with Gasteiger partial charge in [0, 0.05) is 22.3 Å². The van der Waals surface area contributed by atoms with Crippen molar-refractivity contribution >= 4 is 16.3 Å². The number of benzene rings is 6. The second kappa shape index (κ2) is 12.7. The number of hydrogen-bond donors (Lipinski definition) is 0. The fourth-order valence-electron chi connectivity index (χ4n) is 5.16. The predicted octanol–water partition coefficient (Wildman–Crippen LogP) is 9.19. The van der Waals surface area contributed by atoms with Gasteiger partial charge >= 0.3 is 0 Å². The third-order valence-corrected chi connectivity index (χ3v) is 7.87. The van der Waals surface area contributed by atoms with Gasteiger partial charge in [-0.25, -0.2) is 0 Å². The van der Waals surface area contributed by atoms with Crippen LogP contribution in [0.5, 0.6) is 11.5 Å². The zero-order chi connectivity index (χ0) is 27.9. The van der Waals surface area contributed by atoms with Crippen LogP contribution in [0.4, 0.5) is 0 Å². The minimum absolute atomic E-state index is 0.457. The van der Waals surface area contributed by atoms with Gasteiger partial charge in [0.25, 0.3) is 0 Å². The Bertz CT molecular complexity index is 1460. The molecule has 0 amide bonds. The molecular weight excluding hydrogens is 515 g/mol. The third-order valence-electron chi connectivity index (χ3n) is 7.20. The van der Waals surface area contributed by atoms with E-state index in [1.54, 1.807) is 0 Å². The van der Waals surface area contributed by atoms with Gasteiger partial charge in [-0.05, 0) is 27.5 Å². The lowest BCUT2D eigenvalue weighted by molar-refractivity contribution is 0.0247. The molecule has 0 bridgehead atoms. The number of ether oxygens (including phenoxy) is 2. The Balaban J connectivity index is 1.46. The summed E-state index contributed by atoms with van der Waals surface area (Å²) in [7, 11) is 0. The van der Waals surface area contributed by atoms with E-state index >= 15 is 0 Å². The first-order valence-electron chi connectivity index (χ1n) is 14.1. The molecule has 0 aliphatic rings. The van der Waals surface area contributed by atoms with Gasteiger partial charge in [-0.2, -0.15) is 0 Å². The molecule has 198 valence electrons. The topological polar surface area (TPSA) is 18.5 Å². The molecule has 0 fully saturated rings. The van der Waals surface area contributed by atoms with E-state index in [9.17, 15) is 0 Å². The fourth-order valence-corrected chi connectivity index (χ4v) is 5.50. The molecular formula is C38H31AlO2. The van der Waals surface area contributed by atoms with Gasteiger partial charge in [0.05, 0.1) is 0 Å². The standard InChI is InChI=1S/C38H29O2.Al.2H/c1-28(39-37-33(29-16-6-2-7-17-29)24-14-25-34(37)30-18-8-3-9-19-30)40-38-35(31-20-10-4-11-21-31)26-15-27-36(38)32-22-12-5-13-23-32;;;/h2-28H,1H2;;;. The number of rotatable bonds is 9. The molecule has 0 saturated carbocycles. The molecule has 0 radical (unpaired) electrons. The Hall–Kier alpha value is -4.55. The van der Waals surface area contributed by atoms with Gasteiger partial charge in [0.1, 0.15) is 11.5 Å². The first-order chi connectivity index (χ1) is 20.3. The van der Waals surface area contributed by atoms with Crippen LogP contribution in [-0.2, 0) is 0 Å². The Morgan fingerprint density at radius 2 is 0.634 bits per heavy atom. The summed E-state index contributed by atoms with van der Waals surface area (Å²) >= 11 is 0.916. The third kappa shape index (κ3) is 5.98. The van der Waals surface area contributed by atoms with Crippen molar-refractivity contribution in [1.29, 1.82) is 0 Å². The van der Waals surface area contributed by atoms with Crippen LogP contribution in [0.1, 0.15) is 0 Å². The minimum atomic E-state index is -0.457. The van der Waals surface area contributed by atoms with Crippen molar-refractivity contribution in [3.8, 4) is 56.0 Å². The maximum atomic E-state index is 6.93. The molecule has 0 spiro atoms. The monoisotopic (exact) mass is 546 g/mol. The Morgan fingerprint density at radius 3 is 0.878 bits per heavy atom. The zero-order valence-electron chi connectivity index (χ0n) is 23.1. The van der Waals surface area contributed by atoms with E-state index in [4.69, 9.17) is 9.47 Å². The summed E-state index contributed by atoms with van der Waals surface area (Å²) in [6, 6.07) is 54.5. The molecule has 2 nitrogen and oxygen atoms in total. The SMILES string of the molecule is [AlH2][CH2]C(Oc1c(-c2ccccc2)cccc1-c1ccccc1)Oc1c(-c2ccccc2)cccc1-c1ccccc1. The molecule has 41 heavy (non-hydrogen) atoms. The highest BCUT2D eigenvalue weighted by molar-refractivity contribution is 6.08. The summed E-state index contributed by atoms with van der Waals surface area (Å²) in [5, 5.41) is 0.800. The van der Waals surface area contributed by atoms with Crippen molar-refractivity contribution in [2.75, 3.05) is 0 Å². The summed E-state index contributed by atoms with van der Waals surface area (Å²) < 4.78 is 13.9. The van der Waals surface area contributed by atoms with Crippen LogP contribution >= 0.6 is 0 Å². The summed E-state index contributed by atoms with van der Waals surface area (Å²) in [5.41, 5.74) is 8.66. The predicted molar refractivity (Wildman–Crippen MR) is 173 cm³/mol. The quantitative estimate of drug-likeness (QED) is 0.133. The summed E-state index contributed by atoms with van der Waals surface area (Å²) in [5.74, 6) is 1.67. The van der Waals surface area contributed by atoms with E-state index in [1.165, 1.54) is 0 Å². The molecule has 6 aromatic rings. The summed E-state index contributed by atoms with van der Waals surface area (Å²) in [4.78, 5) is 0. The van der Waals surface area contributed by atoms with Crippen LogP contribution in [0.3, 0.4) is 0 Å². The molecule has 0 aromatic heterocycles. The lowest BCUT2D eigenvalue weighted by Crippen LogP contribution is -2.24. The summed E-state index contributed by atoms with van der Waals surface area (Å²) in [6.45, 7) is 0. The Kier molecular flexibility index (Phi) is 8.29. The fraction of sp³-hybridized carbons (Fsp3) is 0.0526. The maximum absolute atomic E-state index is 6.93. The molecule has 0 aliphatic heterocycles. The first-order valence-corrected chi connectivity index (χ1v) is 15.5. The van der Waals surface area contributed by atoms with Crippen LogP contribution < -0.4 is 9.47 Å². The average molecular weight is 547 g/mol. The van der Waals surface area contributed by atoms with Crippen LogP contribution in [-0.4, -0.2) is 22.6 Å². The molecule has 0 N–H and O–H groups in total. The molecule has 0 aliphatic carbocycles. The van der Waals surface area contributed by atoms with Crippen LogP contribution in [0, 0.1) is 0 Å². The van der Waals surface area contributed by atoms with E-state index in [2.05, 4.69) is 133 Å². The van der Waals surface area contributed by atoms with Crippen LogP contribution in [0.15, 0.2) is 158 Å². The summed E-state index contributed by atoms with van der Waals surface area (Å²) in [6.07, 6.45) is -0.457. The van der Waals surface area contributed by atoms with Gasteiger partial charge < -0.3 is 9.47 Å². The van der Waals surface area contributed by atoms with E-state index in [0.29, 0.717) is 0 Å². The highest BCUT2D eigenvalue weighted by atomic mass is 27.0. The Morgan fingerprint density at radius 1 is 0.366 bits per heavy atom. The molecule has 0 heterocycles.